The molecule has 0 amide bonds. The fourth-order valence-corrected chi connectivity index (χ4v) is 2.18. The second-order valence-electron chi connectivity index (χ2n) is 5.14. The number of aromatic amines is 1. The fraction of sp³-hybridized carbons (Fsp3) is 0.500. The predicted octanol–water partition coefficient (Wildman–Crippen LogP) is 5.49. The van der Waals surface area contributed by atoms with Gasteiger partial charge in [0.2, 0.25) is 0 Å². The van der Waals surface area contributed by atoms with Crippen molar-refractivity contribution in [3.05, 3.63) is 36.5 Å². The summed E-state index contributed by atoms with van der Waals surface area (Å²) in [4.78, 5) is 13.1. The minimum absolute atomic E-state index is 0.758. The average Bonchev–Trinajstić information content (AvgIpc) is 2.95. The van der Waals surface area contributed by atoms with Crippen LogP contribution in [0.2, 0.25) is 0 Å². The van der Waals surface area contributed by atoms with E-state index < -0.39 is 0 Å². The minimum Gasteiger partial charge on any atom is -0.361 e. The van der Waals surface area contributed by atoms with Crippen LogP contribution in [0.5, 0.6) is 0 Å². The summed E-state index contributed by atoms with van der Waals surface area (Å²) < 4.78 is 0. The molecule has 110 valence electrons. The van der Waals surface area contributed by atoms with Crippen molar-refractivity contribution in [2.24, 2.45) is 0 Å². The molecule has 1 heterocycles. The predicted molar refractivity (Wildman–Crippen MR) is 87.0 cm³/mol. The van der Waals surface area contributed by atoms with Crippen molar-refractivity contribution < 1.29 is 4.79 Å². The van der Waals surface area contributed by atoms with Crippen molar-refractivity contribution in [1.82, 2.24) is 4.98 Å². The lowest BCUT2D eigenvalue weighted by atomic mass is 10.1. The van der Waals surface area contributed by atoms with Gasteiger partial charge in [0.05, 0.1) is 0 Å². The Kier molecular flexibility index (Phi) is 9.29. The van der Waals surface area contributed by atoms with Crippen LogP contribution in [0.4, 0.5) is 0 Å². The molecule has 0 spiro atoms. The number of aldehydes is 1. The molecule has 2 heteroatoms. The van der Waals surface area contributed by atoms with E-state index in [2.05, 4.69) is 30.1 Å². The lowest BCUT2D eigenvalue weighted by molar-refractivity contribution is -0.107. The second kappa shape index (κ2) is 11.3. The van der Waals surface area contributed by atoms with Gasteiger partial charge >= 0.3 is 0 Å². The molecule has 0 aliphatic carbocycles. The monoisotopic (exact) mass is 273 g/mol. The van der Waals surface area contributed by atoms with E-state index in [1.807, 2.05) is 18.3 Å². The Morgan fingerprint density at radius 3 is 2.35 bits per heavy atom. The first kappa shape index (κ1) is 16.5. The molecular formula is C18H27NO. The molecule has 20 heavy (non-hydrogen) atoms. The summed E-state index contributed by atoms with van der Waals surface area (Å²) in [5.41, 5.74) is 1.21. The molecule has 1 N–H and O–H groups in total. The molecule has 0 aliphatic heterocycles. The van der Waals surface area contributed by atoms with Crippen molar-refractivity contribution in [3.63, 3.8) is 0 Å². The van der Waals surface area contributed by atoms with Crippen LogP contribution in [0.3, 0.4) is 0 Å². The fourth-order valence-electron chi connectivity index (χ4n) is 2.18. The maximum atomic E-state index is 9.94. The maximum Gasteiger partial charge on any atom is 0.119 e. The molecule has 2 nitrogen and oxygen atoms in total. The Hall–Kier alpha value is -1.57. The van der Waals surface area contributed by atoms with Gasteiger partial charge in [0.1, 0.15) is 6.29 Å². The average molecular weight is 273 g/mol. The quantitative estimate of drug-likeness (QED) is 0.500. The van der Waals surface area contributed by atoms with Gasteiger partial charge in [-0.05, 0) is 23.9 Å². The van der Waals surface area contributed by atoms with Crippen LogP contribution in [0, 0.1) is 0 Å². The van der Waals surface area contributed by atoms with Gasteiger partial charge in [-0.2, -0.15) is 0 Å². The molecule has 0 unspecified atom stereocenters. The molecule has 0 atom stereocenters. The van der Waals surface area contributed by atoms with Crippen LogP contribution < -0.4 is 0 Å². The van der Waals surface area contributed by atoms with Gasteiger partial charge in [0.25, 0.3) is 0 Å². The highest BCUT2D eigenvalue weighted by Gasteiger charge is 1.89. The molecule has 1 aromatic carbocycles. The van der Waals surface area contributed by atoms with Crippen molar-refractivity contribution >= 4 is 17.2 Å². The molecule has 1 aromatic heterocycles. The Morgan fingerprint density at radius 1 is 0.950 bits per heavy atom. The number of unbranched alkanes of at least 4 members (excludes halogenated alkanes) is 7. The third-order valence-corrected chi connectivity index (χ3v) is 3.39. The van der Waals surface area contributed by atoms with E-state index in [4.69, 9.17) is 0 Å². The summed E-state index contributed by atoms with van der Waals surface area (Å²) in [5.74, 6) is 0. The molecule has 2 aromatic rings. The standard InChI is InChI=1S/C10H20O.C8H7N/c1-2-3-4-5-6-7-8-9-10-11;1-2-4-8-7(3-1)5-6-9-8/h10H,2-9H2,1H3;1-6,9H. The van der Waals surface area contributed by atoms with Crippen LogP contribution in [0.1, 0.15) is 58.3 Å². The van der Waals surface area contributed by atoms with Crippen molar-refractivity contribution in [3.8, 4) is 0 Å². The van der Waals surface area contributed by atoms with E-state index in [1.54, 1.807) is 0 Å². The topological polar surface area (TPSA) is 32.9 Å². The van der Waals surface area contributed by atoms with Gasteiger partial charge in [-0.15, -0.1) is 0 Å². The van der Waals surface area contributed by atoms with Gasteiger partial charge in [0.15, 0.2) is 0 Å². The van der Waals surface area contributed by atoms with Gasteiger partial charge in [-0.3, -0.25) is 0 Å². The van der Waals surface area contributed by atoms with Gasteiger partial charge in [-0.1, -0.05) is 63.6 Å². The number of para-hydroxylation sites is 1. The Labute approximate surface area is 122 Å². The maximum absolute atomic E-state index is 9.94. The number of benzene rings is 1. The smallest absolute Gasteiger partial charge is 0.119 e. The summed E-state index contributed by atoms with van der Waals surface area (Å²) >= 11 is 0. The van der Waals surface area contributed by atoms with Crippen LogP contribution >= 0.6 is 0 Å². The highest BCUT2D eigenvalue weighted by molar-refractivity contribution is 5.78. The Balaban J connectivity index is 0.000000202. The number of fused-ring (bicyclic) bond motifs is 1. The molecule has 0 saturated heterocycles. The van der Waals surface area contributed by atoms with Crippen molar-refractivity contribution in [1.29, 1.82) is 0 Å². The lowest BCUT2D eigenvalue weighted by Crippen LogP contribution is -1.80. The summed E-state index contributed by atoms with van der Waals surface area (Å²) in [5, 5.41) is 1.28. The first-order valence-corrected chi connectivity index (χ1v) is 7.84. The number of carbonyl (C=O) groups is 1. The molecule has 0 fully saturated rings. The van der Waals surface area contributed by atoms with Gasteiger partial charge in [0, 0.05) is 18.1 Å². The number of hydrogen-bond donors (Lipinski definition) is 1. The van der Waals surface area contributed by atoms with E-state index in [9.17, 15) is 4.79 Å². The number of H-pyrrole nitrogens is 1. The van der Waals surface area contributed by atoms with Gasteiger partial charge in [-0.25, -0.2) is 0 Å². The summed E-state index contributed by atoms with van der Waals surface area (Å²) in [6, 6.07) is 10.3. The number of rotatable bonds is 8. The van der Waals surface area contributed by atoms with Crippen LogP contribution in [-0.4, -0.2) is 11.3 Å². The van der Waals surface area contributed by atoms with Crippen LogP contribution in [-0.2, 0) is 4.79 Å². The second-order valence-corrected chi connectivity index (χ2v) is 5.14. The zero-order valence-corrected chi connectivity index (χ0v) is 12.6. The third-order valence-electron chi connectivity index (χ3n) is 3.39. The summed E-state index contributed by atoms with van der Waals surface area (Å²) in [6.45, 7) is 2.23. The zero-order chi connectivity index (χ0) is 14.5. The lowest BCUT2D eigenvalue weighted by Gasteiger charge is -1.97. The molecule has 0 bridgehead atoms. The number of carbonyl (C=O) groups excluding carboxylic acids is 1. The van der Waals surface area contributed by atoms with Crippen LogP contribution in [0.25, 0.3) is 10.9 Å². The first-order chi connectivity index (χ1) is 9.88. The minimum atomic E-state index is 0.758. The third kappa shape index (κ3) is 7.13. The molecular weight excluding hydrogens is 246 g/mol. The molecule has 0 saturated carbocycles. The molecule has 0 aliphatic rings. The largest absolute Gasteiger partial charge is 0.361 e. The van der Waals surface area contributed by atoms with Crippen molar-refractivity contribution in [2.75, 3.05) is 0 Å². The van der Waals surface area contributed by atoms with E-state index >= 15 is 0 Å². The number of nitrogens with one attached hydrogen (secondary N) is 1. The SMILES string of the molecule is CCCCCCCCCC=O.c1ccc2[nH]ccc2c1. The highest BCUT2D eigenvalue weighted by atomic mass is 16.1. The first-order valence-electron chi connectivity index (χ1n) is 7.84. The number of hydrogen-bond acceptors (Lipinski definition) is 1. The van der Waals surface area contributed by atoms with Crippen molar-refractivity contribution in [2.45, 2.75) is 58.3 Å². The molecule has 2 rings (SSSR count). The Bertz CT molecular complexity index is 431. The van der Waals surface area contributed by atoms with E-state index in [1.165, 1.54) is 49.4 Å². The normalized spacial score (nSPS) is 10.1. The highest BCUT2D eigenvalue weighted by Crippen LogP contribution is 2.09. The van der Waals surface area contributed by atoms with Gasteiger partial charge < -0.3 is 9.78 Å². The number of aromatic nitrogens is 1. The Morgan fingerprint density at radius 2 is 1.65 bits per heavy atom. The van der Waals surface area contributed by atoms with Crippen LogP contribution in [0.15, 0.2) is 36.5 Å². The molecule has 0 radical (unpaired) electrons. The summed E-state index contributed by atoms with van der Waals surface area (Å²) in [6.07, 6.45) is 12.8. The zero-order valence-electron chi connectivity index (χ0n) is 12.6. The van der Waals surface area contributed by atoms with E-state index in [-0.39, 0.29) is 0 Å². The summed E-state index contributed by atoms with van der Waals surface area (Å²) in [7, 11) is 0. The van der Waals surface area contributed by atoms with E-state index in [0.717, 1.165) is 19.1 Å². The van der Waals surface area contributed by atoms with E-state index in [0.29, 0.717) is 0 Å².